The molecule has 1 aliphatic rings. The molecule has 120 valence electrons. The van der Waals surface area contributed by atoms with Crippen molar-refractivity contribution in [3.63, 3.8) is 0 Å². The average Bonchev–Trinajstić information content (AvgIpc) is 2.50. The third kappa shape index (κ3) is 4.00. The zero-order valence-corrected chi connectivity index (χ0v) is 13.2. The molecule has 0 spiro atoms. The molecular weight excluding hydrogens is 280 g/mol. The van der Waals surface area contributed by atoms with E-state index in [0.29, 0.717) is 17.9 Å². The lowest BCUT2D eigenvalue weighted by Gasteiger charge is -2.28. The predicted molar refractivity (Wildman–Crippen MR) is 85.4 cm³/mol. The summed E-state index contributed by atoms with van der Waals surface area (Å²) in [5, 5.41) is 3.05. The molecule has 2 rings (SSSR count). The van der Waals surface area contributed by atoms with Gasteiger partial charge < -0.3 is 15.8 Å². The second kappa shape index (κ2) is 7.29. The molecule has 0 heterocycles. The Labute approximate surface area is 131 Å². The normalized spacial score (nSPS) is 21.2. The van der Waals surface area contributed by atoms with Crippen LogP contribution in [0.3, 0.4) is 0 Å². The number of amides is 1. The molecule has 0 saturated heterocycles. The Kier molecular flexibility index (Phi) is 5.41. The zero-order chi connectivity index (χ0) is 16.1. The van der Waals surface area contributed by atoms with E-state index in [4.69, 9.17) is 10.5 Å². The van der Waals surface area contributed by atoms with Crippen molar-refractivity contribution in [3.8, 4) is 0 Å². The van der Waals surface area contributed by atoms with Crippen LogP contribution in [-0.2, 0) is 9.53 Å². The van der Waals surface area contributed by atoms with E-state index < -0.39 is 0 Å². The van der Waals surface area contributed by atoms with Crippen molar-refractivity contribution < 1.29 is 14.3 Å². The summed E-state index contributed by atoms with van der Waals surface area (Å²) in [6, 6.07) is 5.45. The number of esters is 1. The van der Waals surface area contributed by atoms with Crippen LogP contribution in [0.25, 0.3) is 0 Å². The second-order valence-electron chi connectivity index (χ2n) is 5.85. The second-order valence-corrected chi connectivity index (χ2v) is 5.85. The molecule has 0 aromatic heterocycles. The van der Waals surface area contributed by atoms with E-state index in [1.54, 1.807) is 12.1 Å². The van der Waals surface area contributed by atoms with Gasteiger partial charge in [0.05, 0.1) is 12.5 Å². The summed E-state index contributed by atoms with van der Waals surface area (Å²) in [6.07, 6.45) is 3.13. The van der Waals surface area contributed by atoms with E-state index in [1.165, 1.54) is 0 Å². The molecule has 1 saturated carbocycles. The van der Waals surface area contributed by atoms with E-state index >= 15 is 0 Å². The van der Waals surface area contributed by atoms with Crippen LogP contribution in [0.5, 0.6) is 0 Å². The Balaban J connectivity index is 1.89. The molecule has 1 amide bonds. The van der Waals surface area contributed by atoms with Crippen molar-refractivity contribution in [1.29, 1.82) is 0 Å². The smallest absolute Gasteiger partial charge is 0.308 e. The van der Waals surface area contributed by atoms with Crippen molar-refractivity contribution in [3.05, 3.63) is 29.3 Å². The number of carbonyl (C=O) groups is 2. The molecule has 0 bridgehead atoms. The summed E-state index contributed by atoms with van der Waals surface area (Å²) in [5.74, 6) is -0.231. The summed E-state index contributed by atoms with van der Waals surface area (Å²) in [4.78, 5) is 24.1. The molecule has 5 nitrogen and oxygen atoms in total. The fraction of sp³-hybridized carbons (Fsp3) is 0.529. The topological polar surface area (TPSA) is 81.4 Å². The van der Waals surface area contributed by atoms with Crippen LogP contribution in [-0.4, -0.2) is 24.5 Å². The number of nitrogens with two attached hydrogens (primary N) is 1. The Morgan fingerprint density at radius 1 is 1.27 bits per heavy atom. The number of anilines is 1. The molecule has 1 aromatic rings. The van der Waals surface area contributed by atoms with Gasteiger partial charge in [-0.3, -0.25) is 9.59 Å². The highest BCUT2D eigenvalue weighted by atomic mass is 16.5. The monoisotopic (exact) mass is 304 g/mol. The van der Waals surface area contributed by atoms with Crippen molar-refractivity contribution in [1.82, 2.24) is 5.32 Å². The van der Waals surface area contributed by atoms with Gasteiger partial charge in [-0.1, -0.05) is 6.07 Å². The number of nitrogen functional groups attached to an aromatic ring is 1. The largest absolute Gasteiger partial charge is 0.466 e. The van der Waals surface area contributed by atoms with Gasteiger partial charge in [0.1, 0.15) is 0 Å². The van der Waals surface area contributed by atoms with Gasteiger partial charge in [-0.05, 0) is 57.2 Å². The number of benzene rings is 1. The molecular formula is C17H24N2O3. The number of hydrogen-bond acceptors (Lipinski definition) is 4. The standard InChI is InChI=1S/C17H24N2O3/c1-3-22-17(21)12-5-8-14(9-6-12)19-16(20)15-10-13(18)7-4-11(15)2/h4,7,10,12,14H,3,5-6,8-9,18H2,1-2H3,(H,19,20). The highest BCUT2D eigenvalue weighted by Gasteiger charge is 2.28. The summed E-state index contributed by atoms with van der Waals surface area (Å²) in [5.41, 5.74) is 7.86. The molecule has 0 unspecified atom stereocenters. The van der Waals surface area contributed by atoms with Crippen LogP contribution >= 0.6 is 0 Å². The quantitative estimate of drug-likeness (QED) is 0.661. The Morgan fingerprint density at radius 3 is 2.59 bits per heavy atom. The Morgan fingerprint density at radius 2 is 1.95 bits per heavy atom. The van der Waals surface area contributed by atoms with Gasteiger partial charge in [-0.2, -0.15) is 0 Å². The van der Waals surface area contributed by atoms with Crippen LogP contribution in [0.1, 0.15) is 48.5 Å². The Hall–Kier alpha value is -2.04. The first-order chi connectivity index (χ1) is 10.5. The third-order valence-corrected chi connectivity index (χ3v) is 4.19. The minimum Gasteiger partial charge on any atom is -0.466 e. The molecule has 0 atom stereocenters. The lowest BCUT2D eigenvalue weighted by molar-refractivity contribution is -0.149. The van der Waals surface area contributed by atoms with E-state index in [-0.39, 0.29) is 23.8 Å². The van der Waals surface area contributed by atoms with Crippen molar-refractivity contribution >= 4 is 17.6 Å². The van der Waals surface area contributed by atoms with Crippen molar-refractivity contribution in [2.24, 2.45) is 5.92 Å². The zero-order valence-electron chi connectivity index (χ0n) is 13.2. The van der Waals surface area contributed by atoms with Gasteiger partial charge >= 0.3 is 5.97 Å². The van der Waals surface area contributed by atoms with E-state index in [0.717, 1.165) is 31.2 Å². The number of ether oxygens (including phenoxy) is 1. The fourth-order valence-electron chi connectivity index (χ4n) is 2.88. The molecule has 1 aliphatic carbocycles. The van der Waals surface area contributed by atoms with Crippen molar-refractivity contribution in [2.45, 2.75) is 45.6 Å². The van der Waals surface area contributed by atoms with Crippen LogP contribution in [0.4, 0.5) is 5.69 Å². The molecule has 1 fully saturated rings. The van der Waals surface area contributed by atoms with Gasteiger partial charge in [0.15, 0.2) is 0 Å². The van der Waals surface area contributed by atoms with Crippen LogP contribution in [0.15, 0.2) is 18.2 Å². The van der Waals surface area contributed by atoms with Gasteiger partial charge in [-0.25, -0.2) is 0 Å². The maximum absolute atomic E-state index is 12.3. The molecule has 0 radical (unpaired) electrons. The summed E-state index contributed by atoms with van der Waals surface area (Å²) in [7, 11) is 0. The minimum absolute atomic E-state index is 0.0257. The fourth-order valence-corrected chi connectivity index (χ4v) is 2.88. The molecule has 1 aromatic carbocycles. The summed E-state index contributed by atoms with van der Waals surface area (Å²) in [6.45, 7) is 4.13. The predicted octanol–water partition coefficient (Wildman–Crippen LogP) is 2.43. The highest BCUT2D eigenvalue weighted by molar-refractivity contribution is 5.96. The molecule has 5 heteroatoms. The number of hydrogen-bond donors (Lipinski definition) is 2. The Bertz CT molecular complexity index is 549. The number of rotatable bonds is 4. The summed E-state index contributed by atoms with van der Waals surface area (Å²) >= 11 is 0. The third-order valence-electron chi connectivity index (χ3n) is 4.19. The van der Waals surface area contributed by atoms with Gasteiger partial charge in [0.25, 0.3) is 5.91 Å². The maximum atomic E-state index is 12.3. The minimum atomic E-state index is -0.112. The van der Waals surface area contributed by atoms with E-state index in [2.05, 4.69) is 5.32 Å². The van der Waals surface area contributed by atoms with Crippen molar-refractivity contribution in [2.75, 3.05) is 12.3 Å². The molecule has 0 aliphatic heterocycles. The molecule has 3 N–H and O–H groups in total. The number of aryl methyl sites for hydroxylation is 1. The van der Waals surface area contributed by atoms with Gasteiger partial charge in [-0.15, -0.1) is 0 Å². The highest BCUT2D eigenvalue weighted by Crippen LogP contribution is 2.26. The summed E-state index contributed by atoms with van der Waals surface area (Å²) < 4.78 is 5.06. The maximum Gasteiger partial charge on any atom is 0.308 e. The first kappa shape index (κ1) is 16.3. The van der Waals surface area contributed by atoms with Crippen LogP contribution in [0.2, 0.25) is 0 Å². The van der Waals surface area contributed by atoms with Gasteiger partial charge in [0, 0.05) is 17.3 Å². The lowest BCUT2D eigenvalue weighted by Crippen LogP contribution is -2.39. The molecule has 22 heavy (non-hydrogen) atoms. The van der Waals surface area contributed by atoms with Crippen LogP contribution in [0, 0.1) is 12.8 Å². The van der Waals surface area contributed by atoms with Gasteiger partial charge in [0.2, 0.25) is 0 Å². The number of nitrogens with one attached hydrogen (secondary N) is 1. The average molecular weight is 304 g/mol. The SMILES string of the molecule is CCOC(=O)C1CCC(NC(=O)c2cc(N)ccc2C)CC1. The lowest BCUT2D eigenvalue weighted by atomic mass is 9.86. The van der Waals surface area contributed by atoms with E-state index in [9.17, 15) is 9.59 Å². The first-order valence-electron chi connectivity index (χ1n) is 7.85. The van der Waals surface area contributed by atoms with Crippen LogP contribution < -0.4 is 11.1 Å². The van der Waals surface area contributed by atoms with E-state index in [1.807, 2.05) is 19.9 Å². The first-order valence-corrected chi connectivity index (χ1v) is 7.85. The number of carbonyl (C=O) groups excluding carboxylic acids is 2.